The van der Waals surface area contributed by atoms with Crippen molar-refractivity contribution >= 4 is 22.4 Å². The number of nitrogens with zero attached hydrogens (tertiary/aromatic N) is 2. The van der Waals surface area contributed by atoms with Crippen molar-refractivity contribution in [3.05, 3.63) is 34.0 Å². The van der Waals surface area contributed by atoms with Crippen molar-refractivity contribution in [1.82, 2.24) is 15.0 Å². The van der Waals surface area contributed by atoms with Crippen LogP contribution in [-0.2, 0) is 6.54 Å². The van der Waals surface area contributed by atoms with E-state index in [1.165, 1.54) is 11.1 Å². The fourth-order valence-corrected chi connectivity index (χ4v) is 3.23. The standard InChI is InChI=1S/C14H16N4S/c1-7-4-8(2)12-10(5-7)17-14(18-12)13-9(3)16-11(6-15)19-13/h4-5H,6,15H2,1-3H3,(H,17,18). The Hall–Kier alpha value is -1.72. The number of rotatable bonds is 2. The lowest BCUT2D eigenvalue weighted by atomic mass is 10.1. The predicted molar refractivity (Wildman–Crippen MR) is 79.3 cm³/mol. The van der Waals surface area contributed by atoms with Crippen LogP contribution in [0.2, 0.25) is 0 Å². The fraction of sp³-hybridized carbons (Fsp3) is 0.286. The number of hydrogen-bond donors (Lipinski definition) is 2. The van der Waals surface area contributed by atoms with Crippen LogP contribution in [0.1, 0.15) is 21.8 Å². The van der Waals surface area contributed by atoms with Gasteiger partial charge in [0.25, 0.3) is 0 Å². The number of aromatic nitrogens is 3. The Morgan fingerprint density at radius 1 is 1.21 bits per heavy atom. The van der Waals surface area contributed by atoms with Gasteiger partial charge in [0, 0.05) is 6.54 Å². The summed E-state index contributed by atoms with van der Waals surface area (Å²) in [5, 5.41) is 0.945. The second-order valence-electron chi connectivity index (χ2n) is 4.79. The molecular weight excluding hydrogens is 256 g/mol. The fourth-order valence-electron chi connectivity index (χ4n) is 2.34. The molecule has 0 aliphatic rings. The predicted octanol–water partition coefficient (Wildman–Crippen LogP) is 3.07. The van der Waals surface area contributed by atoms with E-state index in [0.29, 0.717) is 6.54 Å². The number of benzene rings is 1. The second-order valence-corrected chi connectivity index (χ2v) is 5.87. The van der Waals surface area contributed by atoms with Gasteiger partial charge in [0.15, 0.2) is 5.82 Å². The third-order valence-electron chi connectivity index (χ3n) is 3.15. The summed E-state index contributed by atoms with van der Waals surface area (Å²) >= 11 is 1.61. The molecule has 3 aromatic rings. The molecule has 0 radical (unpaired) electrons. The molecule has 0 amide bonds. The van der Waals surface area contributed by atoms with E-state index >= 15 is 0 Å². The Morgan fingerprint density at radius 2 is 2.00 bits per heavy atom. The van der Waals surface area contributed by atoms with Crippen molar-refractivity contribution in [3.8, 4) is 10.7 Å². The van der Waals surface area contributed by atoms with Crippen molar-refractivity contribution in [2.45, 2.75) is 27.3 Å². The highest BCUT2D eigenvalue weighted by molar-refractivity contribution is 7.15. The van der Waals surface area contributed by atoms with Gasteiger partial charge in [0.1, 0.15) is 5.01 Å². The molecule has 4 nitrogen and oxygen atoms in total. The number of aryl methyl sites for hydroxylation is 3. The zero-order valence-corrected chi connectivity index (χ0v) is 12.1. The van der Waals surface area contributed by atoms with Crippen LogP contribution in [0.4, 0.5) is 0 Å². The topological polar surface area (TPSA) is 67.6 Å². The highest BCUT2D eigenvalue weighted by atomic mass is 32.1. The highest BCUT2D eigenvalue weighted by Crippen LogP contribution is 2.30. The summed E-state index contributed by atoms with van der Waals surface area (Å²) in [5.74, 6) is 0.887. The number of thiazole rings is 1. The van der Waals surface area contributed by atoms with E-state index in [0.717, 1.165) is 32.4 Å². The number of fused-ring (bicyclic) bond motifs is 1. The van der Waals surface area contributed by atoms with E-state index in [9.17, 15) is 0 Å². The lowest BCUT2D eigenvalue weighted by Crippen LogP contribution is -1.94. The van der Waals surface area contributed by atoms with Crippen LogP contribution in [0.15, 0.2) is 12.1 Å². The zero-order chi connectivity index (χ0) is 13.6. The molecule has 0 aliphatic heterocycles. The average Bonchev–Trinajstić information content (AvgIpc) is 2.92. The highest BCUT2D eigenvalue weighted by Gasteiger charge is 2.14. The molecule has 0 bridgehead atoms. The molecule has 0 saturated carbocycles. The van der Waals surface area contributed by atoms with Gasteiger partial charge in [0.2, 0.25) is 0 Å². The monoisotopic (exact) mass is 272 g/mol. The Balaban J connectivity index is 2.20. The zero-order valence-electron chi connectivity index (χ0n) is 11.2. The first-order valence-corrected chi connectivity index (χ1v) is 7.04. The third kappa shape index (κ3) is 2.05. The molecule has 0 spiro atoms. The first-order chi connectivity index (χ1) is 9.08. The molecule has 0 unspecified atom stereocenters. The lowest BCUT2D eigenvalue weighted by Gasteiger charge is -1.96. The van der Waals surface area contributed by atoms with Gasteiger partial charge in [-0.2, -0.15) is 0 Å². The van der Waals surface area contributed by atoms with Gasteiger partial charge in [-0.05, 0) is 38.0 Å². The van der Waals surface area contributed by atoms with Crippen LogP contribution in [0.3, 0.4) is 0 Å². The number of hydrogen-bond acceptors (Lipinski definition) is 4. The third-order valence-corrected chi connectivity index (χ3v) is 4.34. The normalized spacial score (nSPS) is 11.4. The summed E-state index contributed by atoms with van der Waals surface area (Å²) in [5.41, 5.74) is 11.2. The summed E-state index contributed by atoms with van der Waals surface area (Å²) in [7, 11) is 0. The summed E-state index contributed by atoms with van der Waals surface area (Å²) in [6.45, 7) is 6.66. The number of H-pyrrole nitrogens is 1. The smallest absolute Gasteiger partial charge is 0.150 e. The molecule has 2 heterocycles. The molecule has 3 N–H and O–H groups in total. The first kappa shape index (κ1) is 12.3. The van der Waals surface area contributed by atoms with Gasteiger partial charge < -0.3 is 10.7 Å². The average molecular weight is 272 g/mol. The minimum absolute atomic E-state index is 0.476. The Morgan fingerprint density at radius 3 is 2.68 bits per heavy atom. The molecule has 1 aromatic carbocycles. The molecule has 0 atom stereocenters. The van der Waals surface area contributed by atoms with Crippen molar-refractivity contribution < 1.29 is 0 Å². The molecule has 3 rings (SSSR count). The molecule has 98 valence electrons. The quantitative estimate of drug-likeness (QED) is 0.753. The van der Waals surface area contributed by atoms with Crippen LogP contribution in [-0.4, -0.2) is 15.0 Å². The van der Waals surface area contributed by atoms with E-state index in [2.05, 4.69) is 35.9 Å². The maximum Gasteiger partial charge on any atom is 0.150 e. The second kappa shape index (κ2) is 4.43. The maximum atomic E-state index is 5.65. The van der Waals surface area contributed by atoms with Crippen molar-refractivity contribution in [3.63, 3.8) is 0 Å². The van der Waals surface area contributed by atoms with Gasteiger partial charge in [-0.25, -0.2) is 9.97 Å². The van der Waals surface area contributed by atoms with E-state index in [4.69, 9.17) is 10.7 Å². The Bertz CT molecular complexity index is 754. The molecule has 5 heteroatoms. The maximum absolute atomic E-state index is 5.65. The molecular formula is C14H16N4S. The van der Waals surface area contributed by atoms with Crippen LogP contribution >= 0.6 is 11.3 Å². The van der Waals surface area contributed by atoms with Crippen LogP contribution in [0.5, 0.6) is 0 Å². The molecule has 0 fully saturated rings. The summed E-state index contributed by atoms with van der Waals surface area (Å²) in [4.78, 5) is 13.6. The van der Waals surface area contributed by atoms with E-state index in [-0.39, 0.29) is 0 Å². The first-order valence-electron chi connectivity index (χ1n) is 6.22. The lowest BCUT2D eigenvalue weighted by molar-refractivity contribution is 1.02. The van der Waals surface area contributed by atoms with Crippen LogP contribution in [0.25, 0.3) is 21.7 Å². The van der Waals surface area contributed by atoms with Gasteiger partial charge in [-0.3, -0.25) is 0 Å². The van der Waals surface area contributed by atoms with E-state index < -0.39 is 0 Å². The van der Waals surface area contributed by atoms with Gasteiger partial charge >= 0.3 is 0 Å². The molecule has 2 aromatic heterocycles. The Kier molecular flexibility index (Phi) is 2.88. The van der Waals surface area contributed by atoms with E-state index in [1.54, 1.807) is 11.3 Å². The van der Waals surface area contributed by atoms with Gasteiger partial charge in [-0.1, -0.05) is 6.07 Å². The minimum atomic E-state index is 0.476. The number of nitrogens with one attached hydrogen (secondary N) is 1. The summed E-state index contributed by atoms with van der Waals surface area (Å²) < 4.78 is 0. The Labute approximate surface area is 115 Å². The molecule has 0 aliphatic carbocycles. The van der Waals surface area contributed by atoms with Crippen molar-refractivity contribution in [2.75, 3.05) is 0 Å². The van der Waals surface area contributed by atoms with Crippen LogP contribution in [0, 0.1) is 20.8 Å². The summed E-state index contributed by atoms with van der Waals surface area (Å²) in [6.07, 6.45) is 0. The van der Waals surface area contributed by atoms with Crippen molar-refractivity contribution in [2.24, 2.45) is 5.73 Å². The minimum Gasteiger partial charge on any atom is -0.337 e. The van der Waals surface area contributed by atoms with Gasteiger partial charge in [-0.15, -0.1) is 11.3 Å². The number of imidazole rings is 1. The summed E-state index contributed by atoms with van der Waals surface area (Å²) in [6, 6.07) is 4.27. The van der Waals surface area contributed by atoms with Crippen LogP contribution < -0.4 is 5.73 Å². The largest absolute Gasteiger partial charge is 0.337 e. The molecule has 0 saturated heterocycles. The van der Waals surface area contributed by atoms with Gasteiger partial charge in [0.05, 0.1) is 21.6 Å². The number of nitrogens with two attached hydrogens (primary N) is 1. The molecule has 19 heavy (non-hydrogen) atoms. The number of aromatic amines is 1. The van der Waals surface area contributed by atoms with Crippen molar-refractivity contribution in [1.29, 1.82) is 0 Å². The SMILES string of the molecule is Cc1cc(C)c2nc(-c3sc(CN)nc3C)[nH]c2c1. The van der Waals surface area contributed by atoms with E-state index in [1.807, 2.05) is 6.92 Å².